The second-order valence-corrected chi connectivity index (χ2v) is 6.64. The van der Waals surface area contributed by atoms with E-state index in [-0.39, 0.29) is 0 Å². The molecule has 1 aliphatic heterocycles. The zero-order valence-electron chi connectivity index (χ0n) is 16.4. The van der Waals surface area contributed by atoms with E-state index in [0.717, 1.165) is 5.92 Å². The Morgan fingerprint density at radius 1 is 1.00 bits per heavy atom. The summed E-state index contributed by atoms with van der Waals surface area (Å²) in [6.07, 6.45) is 4.03. The van der Waals surface area contributed by atoms with Gasteiger partial charge < -0.3 is 4.90 Å². The highest BCUT2D eigenvalue weighted by Crippen LogP contribution is 2.23. The first-order chi connectivity index (χ1) is 11.1. The molecule has 1 atom stereocenters. The lowest BCUT2D eigenvalue weighted by molar-refractivity contribution is 0.209. The molecule has 0 radical (unpaired) electrons. The standard InChI is InChI=1S/C19H32N2.C2H6/c1-5-7-18(6-2)15-20-10-12-21(13-11-20)19-14-16(3)8-9-17(19)4;1-2/h8-9,14,18H,5-7,10-13,15H2,1-4H3;1-2H3. The van der Waals surface area contributed by atoms with Gasteiger partial charge in [-0.1, -0.05) is 52.7 Å². The summed E-state index contributed by atoms with van der Waals surface area (Å²) in [7, 11) is 0. The van der Waals surface area contributed by atoms with Crippen molar-refractivity contribution in [3.8, 4) is 0 Å². The van der Waals surface area contributed by atoms with Gasteiger partial charge in [0.25, 0.3) is 0 Å². The number of hydrogen-bond acceptors (Lipinski definition) is 2. The highest BCUT2D eigenvalue weighted by Gasteiger charge is 2.20. The monoisotopic (exact) mass is 318 g/mol. The van der Waals surface area contributed by atoms with Crippen molar-refractivity contribution in [2.45, 2.75) is 60.8 Å². The molecule has 132 valence electrons. The Morgan fingerprint density at radius 3 is 2.22 bits per heavy atom. The van der Waals surface area contributed by atoms with Gasteiger partial charge in [-0.15, -0.1) is 0 Å². The summed E-state index contributed by atoms with van der Waals surface area (Å²) in [6.45, 7) is 19.1. The molecule has 1 aliphatic rings. The smallest absolute Gasteiger partial charge is 0.0399 e. The fourth-order valence-corrected chi connectivity index (χ4v) is 3.43. The maximum absolute atomic E-state index is 2.67. The molecule has 23 heavy (non-hydrogen) atoms. The molecule has 0 spiro atoms. The number of piperazine rings is 1. The Labute approximate surface area is 144 Å². The van der Waals surface area contributed by atoms with Crippen molar-refractivity contribution in [3.05, 3.63) is 29.3 Å². The normalized spacial score (nSPS) is 16.7. The van der Waals surface area contributed by atoms with Gasteiger partial charge in [0.2, 0.25) is 0 Å². The molecule has 0 saturated carbocycles. The van der Waals surface area contributed by atoms with Gasteiger partial charge in [-0.3, -0.25) is 4.90 Å². The second kappa shape index (κ2) is 10.7. The fourth-order valence-electron chi connectivity index (χ4n) is 3.43. The molecule has 0 amide bonds. The van der Waals surface area contributed by atoms with Crippen LogP contribution in [0.15, 0.2) is 18.2 Å². The van der Waals surface area contributed by atoms with Crippen molar-refractivity contribution >= 4 is 5.69 Å². The van der Waals surface area contributed by atoms with Crippen LogP contribution in [0.2, 0.25) is 0 Å². The van der Waals surface area contributed by atoms with Gasteiger partial charge in [0, 0.05) is 38.4 Å². The van der Waals surface area contributed by atoms with Crippen molar-refractivity contribution in [2.24, 2.45) is 5.92 Å². The van der Waals surface area contributed by atoms with Crippen molar-refractivity contribution < 1.29 is 0 Å². The predicted molar refractivity (Wildman–Crippen MR) is 105 cm³/mol. The number of benzene rings is 1. The van der Waals surface area contributed by atoms with E-state index in [1.807, 2.05) is 13.8 Å². The van der Waals surface area contributed by atoms with Crippen LogP contribution >= 0.6 is 0 Å². The van der Waals surface area contributed by atoms with E-state index in [1.54, 1.807) is 0 Å². The molecular formula is C21H38N2. The first-order valence-electron chi connectivity index (χ1n) is 9.68. The van der Waals surface area contributed by atoms with E-state index >= 15 is 0 Å². The third-order valence-electron chi connectivity index (χ3n) is 4.87. The van der Waals surface area contributed by atoms with E-state index < -0.39 is 0 Å². The van der Waals surface area contributed by atoms with Crippen molar-refractivity contribution in [1.29, 1.82) is 0 Å². The molecule has 0 aliphatic carbocycles. The van der Waals surface area contributed by atoms with E-state index in [1.165, 1.54) is 68.8 Å². The van der Waals surface area contributed by atoms with Crippen molar-refractivity contribution in [1.82, 2.24) is 4.90 Å². The van der Waals surface area contributed by atoms with Crippen LogP contribution in [0.3, 0.4) is 0 Å². The second-order valence-electron chi connectivity index (χ2n) is 6.64. The van der Waals surface area contributed by atoms with Gasteiger partial charge >= 0.3 is 0 Å². The van der Waals surface area contributed by atoms with E-state index in [2.05, 4.69) is 55.7 Å². The quantitative estimate of drug-likeness (QED) is 0.704. The number of nitrogens with zero attached hydrogens (tertiary/aromatic N) is 2. The van der Waals surface area contributed by atoms with Crippen LogP contribution in [0.1, 0.15) is 58.1 Å². The number of hydrogen-bond donors (Lipinski definition) is 0. The molecule has 0 bridgehead atoms. The molecule has 1 aromatic rings. The van der Waals surface area contributed by atoms with Crippen molar-refractivity contribution in [2.75, 3.05) is 37.6 Å². The molecule has 2 heteroatoms. The Balaban J connectivity index is 0.00000127. The van der Waals surface area contributed by atoms with E-state index in [9.17, 15) is 0 Å². The van der Waals surface area contributed by atoms with Crippen LogP contribution in [0.5, 0.6) is 0 Å². The highest BCUT2D eigenvalue weighted by molar-refractivity contribution is 5.55. The molecular weight excluding hydrogens is 280 g/mol. The number of aryl methyl sites for hydroxylation is 2. The lowest BCUT2D eigenvalue weighted by Gasteiger charge is -2.38. The molecule has 2 rings (SSSR count). The zero-order chi connectivity index (χ0) is 17.2. The molecule has 1 saturated heterocycles. The minimum Gasteiger partial charge on any atom is -0.369 e. The Bertz CT molecular complexity index is 433. The van der Waals surface area contributed by atoms with Crippen LogP contribution in [-0.2, 0) is 0 Å². The summed E-state index contributed by atoms with van der Waals surface area (Å²) in [5.41, 5.74) is 4.22. The van der Waals surface area contributed by atoms with Crippen LogP contribution in [0, 0.1) is 19.8 Å². The van der Waals surface area contributed by atoms with Gasteiger partial charge in [-0.25, -0.2) is 0 Å². The van der Waals surface area contributed by atoms with Crippen LogP contribution in [0.25, 0.3) is 0 Å². The Hall–Kier alpha value is -1.02. The average Bonchev–Trinajstić information content (AvgIpc) is 2.59. The molecule has 0 N–H and O–H groups in total. The molecule has 1 aromatic carbocycles. The third kappa shape index (κ3) is 6.18. The topological polar surface area (TPSA) is 6.48 Å². The maximum Gasteiger partial charge on any atom is 0.0399 e. The highest BCUT2D eigenvalue weighted by atomic mass is 15.3. The summed E-state index contributed by atoms with van der Waals surface area (Å²) < 4.78 is 0. The Kier molecular flexibility index (Phi) is 9.31. The third-order valence-corrected chi connectivity index (χ3v) is 4.87. The molecule has 0 aromatic heterocycles. The summed E-state index contributed by atoms with van der Waals surface area (Å²) in [4.78, 5) is 5.24. The molecule has 1 fully saturated rings. The largest absolute Gasteiger partial charge is 0.369 e. The van der Waals surface area contributed by atoms with E-state index in [4.69, 9.17) is 0 Å². The molecule has 1 heterocycles. The van der Waals surface area contributed by atoms with Gasteiger partial charge in [-0.2, -0.15) is 0 Å². The predicted octanol–water partition coefficient (Wildman–Crippen LogP) is 5.28. The number of rotatable bonds is 6. The van der Waals surface area contributed by atoms with Crippen LogP contribution in [0.4, 0.5) is 5.69 Å². The van der Waals surface area contributed by atoms with Gasteiger partial charge in [0.1, 0.15) is 0 Å². The first kappa shape index (κ1) is 20.0. The van der Waals surface area contributed by atoms with Gasteiger partial charge in [-0.05, 0) is 43.4 Å². The van der Waals surface area contributed by atoms with Gasteiger partial charge in [0.05, 0.1) is 0 Å². The summed E-state index contributed by atoms with van der Waals surface area (Å²) >= 11 is 0. The summed E-state index contributed by atoms with van der Waals surface area (Å²) in [6, 6.07) is 6.81. The van der Waals surface area contributed by atoms with E-state index in [0.29, 0.717) is 0 Å². The fraction of sp³-hybridized carbons (Fsp3) is 0.714. The first-order valence-corrected chi connectivity index (χ1v) is 9.68. The van der Waals surface area contributed by atoms with Crippen LogP contribution in [-0.4, -0.2) is 37.6 Å². The molecule has 1 unspecified atom stereocenters. The maximum atomic E-state index is 2.67. The van der Waals surface area contributed by atoms with Gasteiger partial charge in [0.15, 0.2) is 0 Å². The number of anilines is 1. The summed E-state index contributed by atoms with van der Waals surface area (Å²) in [5, 5.41) is 0. The summed E-state index contributed by atoms with van der Waals surface area (Å²) in [5.74, 6) is 0.891. The molecule has 2 nitrogen and oxygen atoms in total. The lowest BCUT2D eigenvalue weighted by Crippen LogP contribution is -2.48. The van der Waals surface area contributed by atoms with Crippen LogP contribution < -0.4 is 4.90 Å². The zero-order valence-corrected chi connectivity index (χ0v) is 16.4. The van der Waals surface area contributed by atoms with Crippen molar-refractivity contribution in [3.63, 3.8) is 0 Å². The Morgan fingerprint density at radius 2 is 1.65 bits per heavy atom. The average molecular weight is 319 g/mol. The minimum absolute atomic E-state index is 0.891. The SMILES string of the molecule is CC.CCCC(CC)CN1CCN(c2cc(C)ccc2C)CC1. The minimum atomic E-state index is 0.891. The lowest BCUT2D eigenvalue weighted by atomic mass is 10.00.